The van der Waals surface area contributed by atoms with Crippen LogP contribution in [-0.2, 0) is 0 Å². The number of nitrogens with two attached hydrogens (primary N) is 1. The van der Waals surface area contributed by atoms with Crippen molar-refractivity contribution in [1.29, 1.82) is 0 Å². The Labute approximate surface area is 108 Å². The van der Waals surface area contributed by atoms with Crippen molar-refractivity contribution in [2.45, 2.75) is 0 Å². The summed E-state index contributed by atoms with van der Waals surface area (Å²) in [4.78, 5) is 8.69. The van der Waals surface area contributed by atoms with E-state index < -0.39 is 0 Å². The Morgan fingerprint density at radius 3 is 2.33 bits per heavy atom. The molecule has 18 heavy (non-hydrogen) atoms. The minimum atomic E-state index is 0.455. The second-order valence-corrected chi connectivity index (χ2v) is 4.51. The average Bonchev–Trinajstić information content (AvgIpc) is 2.87. The molecule has 0 aliphatic heterocycles. The van der Waals surface area contributed by atoms with Crippen molar-refractivity contribution in [3.05, 3.63) is 48.5 Å². The Kier molecular flexibility index (Phi) is 2.74. The van der Waals surface area contributed by atoms with Crippen LogP contribution >= 0.6 is 11.5 Å². The minimum Gasteiger partial charge on any atom is -0.374 e. The van der Waals surface area contributed by atoms with Gasteiger partial charge in [-0.1, -0.05) is 36.4 Å². The van der Waals surface area contributed by atoms with E-state index in [4.69, 9.17) is 5.73 Å². The highest BCUT2D eigenvalue weighted by atomic mass is 32.1. The van der Waals surface area contributed by atoms with Crippen molar-refractivity contribution < 1.29 is 0 Å². The molecule has 2 aromatic heterocycles. The standard InChI is InChI=1S/C13H10N4S/c14-13-16-12(17-18-13)11-8-4-7-10(15-11)9-5-2-1-3-6-9/h1-8H,(H2,14,16,17). The second-order valence-electron chi connectivity index (χ2n) is 3.73. The van der Waals surface area contributed by atoms with E-state index in [9.17, 15) is 0 Å². The first-order chi connectivity index (χ1) is 8.83. The summed E-state index contributed by atoms with van der Waals surface area (Å²) < 4.78 is 4.16. The lowest BCUT2D eigenvalue weighted by Gasteiger charge is -2.01. The maximum absolute atomic E-state index is 5.58. The van der Waals surface area contributed by atoms with Crippen molar-refractivity contribution in [3.8, 4) is 22.8 Å². The van der Waals surface area contributed by atoms with Crippen molar-refractivity contribution in [2.24, 2.45) is 0 Å². The number of anilines is 1. The number of rotatable bonds is 2. The van der Waals surface area contributed by atoms with E-state index in [1.807, 2.05) is 48.5 Å². The fourth-order valence-electron chi connectivity index (χ4n) is 1.67. The van der Waals surface area contributed by atoms with E-state index in [1.165, 1.54) is 11.5 Å². The van der Waals surface area contributed by atoms with Gasteiger partial charge in [0, 0.05) is 17.1 Å². The summed E-state index contributed by atoms with van der Waals surface area (Å²) in [5.41, 5.74) is 8.30. The molecule has 0 spiro atoms. The van der Waals surface area contributed by atoms with Crippen LogP contribution in [0.2, 0.25) is 0 Å². The molecule has 0 amide bonds. The van der Waals surface area contributed by atoms with Crippen LogP contribution in [0.3, 0.4) is 0 Å². The first kappa shape index (κ1) is 10.9. The molecular formula is C13H10N4S. The van der Waals surface area contributed by atoms with Gasteiger partial charge in [0.1, 0.15) is 5.69 Å². The molecule has 0 radical (unpaired) electrons. The molecule has 3 aromatic rings. The number of aromatic nitrogens is 3. The molecule has 2 N–H and O–H groups in total. The van der Waals surface area contributed by atoms with Gasteiger partial charge in [-0.2, -0.15) is 9.36 Å². The van der Waals surface area contributed by atoms with Crippen molar-refractivity contribution >= 4 is 16.7 Å². The molecule has 2 heterocycles. The van der Waals surface area contributed by atoms with Crippen LogP contribution in [0.5, 0.6) is 0 Å². The quantitative estimate of drug-likeness (QED) is 0.763. The van der Waals surface area contributed by atoms with E-state index >= 15 is 0 Å². The summed E-state index contributed by atoms with van der Waals surface area (Å²) in [6, 6.07) is 15.8. The van der Waals surface area contributed by atoms with Crippen LogP contribution in [0.4, 0.5) is 5.13 Å². The van der Waals surface area contributed by atoms with Gasteiger partial charge in [0.05, 0.1) is 5.69 Å². The van der Waals surface area contributed by atoms with Crippen molar-refractivity contribution in [3.63, 3.8) is 0 Å². The first-order valence-corrected chi connectivity index (χ1v) is 6.22. The third-order valence-electron chi connectivity index (χ3n) is 2.49. The minimum absolute atomic E-state index is 0.455. The summed E-state index contributed by atoms with van der Waals surface area (Å²) in [7, 11) is 0. The molecule has 0 saturated carbocycles. The van der Waals surface area contributed by atoms with Gasteiger partial charge < -0.3 is 5.73 Å². The molecule has 0 saturated heterocycles. The van der Waals surface area contributed by atoms with Crippen molar-refractivity contribution in [1.82, 2.24) is 14.3 Å². The van der Waals surface area contributed by atoms with Gasteiger partial charge in [0.25, 0.3) is 0 Å². The van der Waals surface area contributed by atoms with Gasteiger partial charge in [-0.3, -0.25) is 0 Å². The van der Waals surface area contributed by atoms with Crippen LogP contribution in [0.1, 0.15) is 0 Å². The predicted molar refractivity (Wildman–Crippen MR) is 73.0 cm³/mol. The largest absolute Gasteiger partial charge is 0.374 e. The Morgan fingerprint density at radius 2 is 1.61 bits per heavy atom. The van der Waals surface area contributed by atoms with Gasteiger partial charge in [-0.05, 0) is 12.1 Å². The topological polar surface area (TPSA) is 64.7 Å². The molecule has 0 aliphatic carbocycles. The zero-order valence-electron chi connectivity index (χ0n) is 9.45. The average molecular weight is 254 g/mol. The third-order valence-corrected chi connectivity index (χ3v) is 3.03. The van der Waals surface area contributed by atoms with Crippen LogP contribution in [0.15, 0.2) is 48.5 Å². The normalized spacial score (nSPS) is 10.4. The SMILES string of the molecule is Nc1nc(-c2cccc(-c3ccccc3)n2)ns1. The molecule has 0 atom stereocenters. The highest BCUT2D eigenvalue weighted by molar-refractivity contribution is 7.09. The number of hydrogen-bond acceptors (Lipinski definition) is 5. The molecule has 4 nitrogen and oxygen atoms in total. The molecule has 1 aromatic carbocycles. The molecule has 3 rings (SSSR count). The van der Waals surface area contributed by atoms with Crippen molar-refractivity contribution in [2.75, 3.05) is 5.73 Å². The van der Waals surface area contributed by atoms with E-state index in [0.717, 1.165) is 17.0 Å². The highest BCUT2D eigenvalue weighted by Crippen LogP contribution is 2.22. The molecule has 88 valence electrons. The third kappa shape index (κ3) is 2.08. The zero-order chi connectivity index (χ0) is 12.4. The Hall–Kier alpha value is -2.27. The van der Waals surface area contributed by atoms with Gasteiger partial charge in [-0.15, -0.1) is 0 Å². The summed E-state index contributed by atoms with van der Waals surface area (Å²) in [6.45, 7) is 0. The van der Waals surface area contributed by atoms with E-state index in [-0.39, 0.29) is 0 Å². The second kappa shape index (κ2) is 4.54. The van der Waals surface area contributed by atoms with Gasteiger partial charge >= 0.3 is 0 Å². The lowest BCUT2D eigenvalue weighted by atomic mass is 10.1. The van der Waals surface area contributed by atoms with Crippen LogP contribution in [0, 0.1) is 0 Å². The summed E-state index contributed by atoms with van der Waals surface area (Å²) in [5.74, 6) is 0.579. The number of benzene rings is 1. The highest BCUT2D eigenvalue weighted by Gasteiger charge is 2.07. The van der Waals surface area contributed by atoms with E-state index in [1.54, 1.807) is 0 Å². The molecule has 0 fully saturated rings. The predicted octanol–water partition coefficient (Wildman–Crippen LogP) is 2.85. The maximum Gasteiger partial charge on any atom is 0.200 e. The summed E-state index contributed by atoms with van der Waals surface area (Å²) >= 11 is 1.18. The number of nitrogens with zero attached hydrogens (tertiary/aromatic N) is 3. The monoisotopic (exact) mass is 254 g/mol. The number of hydrogen-bond donors (Lipinski definition) is 1. The van der Waals surface area contributed by atoms with Crippen LogP contribution in [0.25, 0.3) is 22.8 Å². The van der Waals surface area contributed by atoms with Crippen LogP contribution < -0.4 is 5.73 Å². The molecule has 5 heteroatoms. The molecule has 0 aliphatic rings. The molecular weight excluding hydrogens is 244 g/mol. The summed E-state index contributed by atoms with van der Waals surface area (Å²) in [5, 5.41) is 0.455. The zero-order valence-corrected chi connectivity index (χ0v) is 10.3. The Morgan fingerprint density at radius 1 is 0.833 bits per heavy atom. The fraction of sp³-hybridized carbons (Fsp3) is 0. The lowest BCUT2D eigenvalue weighted by molar-refractivity contribution is 1.24. The Balaban J connectivity index is 2.05. The van der Waals surface area contributed by atoms with Gasteiger partial charge in [0.15, 0.2) is 11.0 Å². The maximum atomic E-state index is 5.58. The first-order valence-electron chi connectivity index (χ1n) is 5.45. The van der Waals surface area contributed by atoms with E-state index in [2.05, 4.69) is 14.3 Å². The molecule has 0 bridgehead atoms. The smallest absolute Gasteiger partial charge is 0.200 e. The number of pyridine rings is 1. The lowest BCUT2D eigenvalue weighted by Crippen LogP contribution is -1.89. The van der Waals surface area contributed by atoms with E-state index in [0.29, 0.717) is 11.0 Å². The molecule has 0 unspecified atom stereocenters. The van der Waals surface area contributed by atoms with Gasteiger partial charge in [0.2, 0.25) is 0 Å². The fourth-order valence-corrected chi connectivity index (χ4v) is 2.11. The van der Waals surface area contributed by atoms with Crippen LogP contribution in [-0.4, -0.2) is 14.3 Å². The number of nitrogen functional groups attached to an aromatic ring is 1. The summed E-state index contributed by atoms with van der Waals surface area (Å²) in [6.07, 6.45) is 0. The Bertz CT molecular complexity index is 664. The van der Waals surface area contributed by atoms with Gasteiger partial charge in [-0.25, -0.2) is 4.98 Å².